The van der Waals surface area contributed by atoms with Crippen molar-refractivity contribution in [2.24, 2.45) is 34.7 Å². The molecule has 10 atom stereocenters. The standard InChI is InChI=1S/C26H49N3O6Si/c1-14(2)26(9,10)36(11,12)35-25-22(28-29-27)18(6)23(21(33-25)13-31-20(8)30)34-24-17(5)15(3)16(4)19(7)32-24/h14-19,21-25H,13H2,1-12H3/t15-,16-,17?,18+,19?,21?,22?,23-,24-,25-/m0/s1. The lowest BCUT2D eigenvalue weighted by molar-refractivity contribution is -0.309. The largest absolute Gasteiger partial charge is 0.463 e. The van der Waals surface area contributed by atoms with Crippen LogP contribution in [-0.2, 0) is 28.2 Å². The van der Waals surface area contributed by atoms with Gasteiger partial charge in [-0.25, -0.2) is 0 Å². The number of hydrogen-bond acceptors (Lipinski definition) is 7. The van der Waals surface area contributed by atoms with Crippen molar-refractivity contribution in [3.05, 3.63) is 10.4 Å². The fourth-order valence-corrected chi connectivity index (χ4v) is 7.50. The van der Waals surface area contributed by atoms with E-state index in [4.69, 9.17) is 23.4 Å². The van der Waals surface area contributed by atoms with Gasteiger partial charge in [0.1, 0.15) is 12.7 Å². The number of carbonyl (C=O) groups excluding carboxylic acids is 1. The number of carbonyl (C=O) groups is 1. The van der Waals surface area contributed by atoms with Crippen LogP contribution >= 0.6 is 0 Å². The predicted molar refractivity (Wildman–Crippen MR) is 142 cm³/mol. The average Bonchev–Trinajstić information content (AvgIpc) is 2.78. The van der Waals surface area contributed by atoms with Crippen LogP contribution in [0.2, 0.25) is 18.1 Å². The van der Waals surface area contributed by atoms with Gasteiger partial charge in [-0.2, -0.15) is 0 Å². The monoisotopic (exact) mass is 527 g/mol. The van der Waals surface area contributed by atoms with Gasteiger partial charge in [0.25, 0.3) is 0 Å². The van der Waals surface area contributed by atoms with Crippen LogP contribution in [0.3, 0.4) is 0 Å². The van der Waals surface area contributed by atoms with Crippen molar-refractivity contribution in [1.82, 2.24) is 0 Å². The zero-order chi connectivity index (χ0) is 27.6. The molecular formula is C26H49N3O6Si. The van der Waals surface area contributed by atoms with E-state index in [2.05, 4.69) is 78.5 Å². The second-order valence-electron chi connectivity index (χ2n) is 12.3. The molecule has 2 saturated heterocycles. The van der Waals surface area contributed by atoms with Crippen LogP contribution in [0.4, 0.5) is 0 Å². The molecule has 2 fully saturated rings. The topological polar surface area (TPSA) is 112 Å². The lowest BCUT2D eigenvalue weighted by Crippen LogP contribution is -2.60. The van der Waals surface area contributed by atoms with Crippen LogP contribution in [-0.4, -0.2) is 57.8 Å². The Morgan fingerprint density at radius 1 is 1.03 bits per heavy atom. The molecule has 0 aromatic heterocycles. The number of ether oxygens (including phenoxy) is 4. The molecule has 2 rings (SSSR count). The van der Waals surface area contributed by atoms with Crippen LogP contribution < -0.4 is 0 Å². The summed E-state index contributed by atoms with van der Waals surface area (Å²) in [4.78, 5) is 14.8. The lowest BCUT2D eigenvalue weighted by Gasteiger charge is -2.51. The minimum absolute atomic E-state index is 0.0192. The maximum atomic E-state index is 11.7. The Bertz CT molecular complexity index is 803. The van der Waals surface area contributed by atoms with E-state index < -0.39 is 45.1 Å². The highest BCUT2D eigenvalue weighted by Crippen LogP contribution is 2.47. The van der Waals surface area contributed by atoms with Gasteiger partial charge in [-0.05, 0) is 54.3 Å². The van der Waals surface area contributed by atoms with Crippen molar-refractivity contribution in [3.63, 3.8) is 0 Å². The predicted octanol–water partition coefficient (Wildman–Crippen LogP) is 6.29. The highest BCUT2D eigenvalue weighted by Gasteiger charge is 2.52. The smallest absolute Gasteiger partial charge is 0.302 e. The first-order chi connectivity index (χ1) is 16.5. The van der Waals surface area contributed by atoms with Crippen LogP contribution in [0.1, 0.15) is 69.2 Å². The summed E-state index contributed by atoms with van der Waals surface area (Å²) in [6.07, 6.45) is -2.27. The van der Waals surface area contributed by atoms with Crippen LogP contribution in [0.15, 0.2) is 5.11 Å². The molecule has 0 N–H and O–H groups in total. The van der Waals surface area contributed by atoms with Gasteiger partial charge in [0.2, 0.25) is 0 Å². The molecule has 0 saturated carbocycles. The van der Waals surface area contributed by atoms with Crippen molar-refractivity contribution < 1.29 is 28.2 Å². The molecule has 0 bridgehead atoms. The first kappa shape index (κ1) is 31.1. The molecule has 9 nitrogen and oxygen atoms in total. The summed E-state index contributed by atoms with van der Waals surface area (Å²) in [5, 5.41) is 4.05. The molecule has 0 spiro atoms. The van der Waals surface area contributed by atoms with E-state index in [1.54, 1.807) is 0 Å². The van der Waals surface area contributed by atoms with Gasteiger partial charge in [-0.1, -0.05) is 60.5 Å². The number of azide groups is 1. The van der Waals surface area contributed by atoms with Gasteiger partial charge in [0, 0.05) is 17.8 Å². The third kappa shape index (κ3) is 6.63. The van der Waals surface area contributed by atoms with E-state index in [0.29, 0.717) is 17.8 Å². The second-order valence-corrected chi connectivity index (χ2v) is 16.8. The Hall–Kier alpha value is -1.16. The highest BCUT2D eigenvalue weighted by atomic mass is 28.4. The fraction of sp³-hybridized carbons (Fsp3) is 0.962. The summed E-state index contributed by atoms with van der Waals surface area (Å²) in [6.45, 7) is 25.1. The van der Waals surface area contributed by atoms with Crippen LogP contribution in [0.5, 0.6) is 0 Å². The molecule has 2 aliphatic rings. The summed E-state index contributed by atoms with van der Waals surface area (Å²) < 4.78 is 31.4. The summed E-state index contributed by atoms with van der Waals surface area (Å²) in [5.74, 6) is 0.702. The van der Waals surface area contributed by atoms with Gasteiger partial charge in [0.05, 0.1) is 18.2 Å². The van der Waals surface area contributed by atoms with E-state index in [0.717, 1.165) is 0 Å². The number of hydrogen-bond donors (Lipinski definition) is 0. The lowest BCUT2D eigenvalue weighted by atomic mass is 9.79. The van der Waals surface area contributed by atoms with Gasteiger partial charge in [-0.15, -0.1) is 0 Å². The molecular weight excluding hydrogens is 478 g/mol. The summed E-state index contributed by atoms with van der Waals surface area (Å²) in [5.41, 5.74) is 9.41. The fourth-order valence-electron chi connectivity index (χ4n) is 5.03. The third-order valence-corrected chi connectivity index (χ3v) is 14.0. The maximum absolute atomic E-state index is 11.7. The van der Waals surface area contributed by atoms with Gasteiger partial charge in [-0.3, -0.25) is 4.79 Å². The molecule has 208 valence electrons. The first-order valence-corrected chi connectivity index (χ1v) is 16.3. The maximum Gasteiger partial charge on any atom is 0.302 e. The van der Waals surface area contributed by atoms with Crippen molar-refractivity contribution in [2.45, 2.75) is 124 Å². The molecule has 10 heteroatoms. The first-order valence-electron chi connectivity index (χ1n) is 13.4. The second kappa shape index (κ2) is 12.1. The van der Waals surface area contributed by atoms with Gasteiger partial charge in [0.15, 0.2) is 20.9 Å². The molecule has 0 aliphatic carbocycles. The van der Waals surface area contributed by atoms with Crippen LogP contribution in [0, 0.1) is 29.6 Å². The van der Waals surface area contributed by atoms with Crippen molar-refractivity contribution in [2.75, 3.05) is 6.61 Å². The SMILES string of the molecule is CC(=O)OCC1O[C@@H](O[Si](C)(C)C(C)(C)C(C)C)C(N=[N+]=[N-])[C@@H](C)[C@@H]1O[C@@H]1OC(C)[C@@H](C)[C@H](C)C1C. The molecule has 4 unspecified atom stereocenters. The third-order valence-electron chi connectivity index (χ3n) is 9.52. The Morgan fingerprint density at radius 3 is 2.17 bits per heavy atom. The van der Waals surface area contributed by atoms with Crippen molar-refractivity contribution in [1.29, 1.82) is 0 Å². The van der Waals surface area contributed by atoms with E-state index in [1.807, 2.05) is 6.92 Å². The Kier molecular flexibility index (Phi) is 10.5. The molecule has 0 aromatic rings. The van der Waals surface area contributed by atoms with E-state index in [9.17, 15) is 10.3 Å². The molecule has 2 aliphatic heterocycles. The molecule has 0 radical (unpaired) electrons. The van der Waals surface area contributed by atoms with Gasteiger partial charge >= 0.3 is 5.97 Å². The number of esters is 1. The van der Waals surface area contributed by atoms with Crippen LogP contribution in [0.25, 0.3) is 10.4 Å². The van der Waals surface area contributed by atoms with Crippen molar-refractivity contribution >= 4 is 14.3 Å². The summed E-state index contributed by atoms with van der Waals surface area (Å²) >= 11 is 0. The highest BCUT2D eigenvalue weighted by molar-refractivity contribution is 6.74. The minimum Gasteiger partial charge on any atom is -0.463 e. The number of nitrogens with zero attached hydrogens (tertiary/aromatic N) is 3. The zero-order valence-electron chi connectivity index (χ0n) is 24.3. The number of rotatable bonds is 9. The Balaban J connectivity index is 2.38. The van der Waals surface area contributed by atoms with Crippen molar-refractivity contribution in [3.8, 4) is 0 Å². The molecule has 0 aromatic carbocycles. The summed E-state index contributed by atoms with van der Waals surface area (Å²) in [7, 11) is -2.34. The average molecular weight is 528 g/mol. The van der Waals surface area contributed by atoms with E-state index in [1.165, 1.54) is 6.92 Å². The van der Waals surface area contributed by atoms with E-state index >= 15 is 0 Å². The minimum atomic E-state index is -2.34. The molecule has 2 heterocycles. The molecule has 36 heavy (non-hydrogen) atoms. The molecule has 0 amide bonds. The zero-order valence-corrected chi connectivity index (χ0v) is 25.3. The van der Waals surface area contributed by atoms with E-state index in [-0.39, 0.29) is 29.6 Å². The Labute approximate surface area is 218 Å². The van der Waals surface area contributed by atoms with Gasteiger partial charge < -0.3 is 23.4 Å². The quantitative estimate of drug-likeness (QED) is 0.115. The summed E-state index contributed by atoms with van der Waals surface area (Å²) in [6, 6.07) is -0.601. The normalized spacial score (nSPS) is 37.9. The Morgan fingerprint density at radius 2 is 1.64 bits per heavy atom.